The van der Waals surface area contributed by atoms with Gasteiger partial charge in [-0.15, -0.1) is 0 Å². The third-order valence-corrected chi connectivity index (χ3v) is 8.71. The van der Waals surface area contributed by atoms with E-state index in [-0.39, 0.29) is 17.0 Å². The average molecular weight is 597 g/mol. The molecule has 9 heteroatoms. The van der Waals surface area contributed by atoms with Crippen LogP contribution in [0, 0.1) is 6.92 Å². The predicted octanol–water partition coefficient (Wildman–Crippen LogP) is 6.23. The quantitative estimate of drug-likeness (QED) is 0.243. The zero-order chi connectivity index (χ0) is 30.8. The summed E-state index contributed by atoms with van der Waals surface area (Å²) < 4.78 is 19.7. The minimum absolute atomic E-state index is 0.0109. The van der Waals surface area contributed by atoms with E-state index in [1.165, 1.54) is 28.4 Å². The van der Waals surface area contributed by atoms with Gasteiger partial charge in [0.1, 0.15) is 17.9 Å². The molecule has 4 aromatic rings. The van der Waals surface area contributed by atoms with E-state index in [2.05, 4.69) is 42.0 Å². The summed E-state index contributed by atoms with van der Waals surface area (Å²) in [6, 6.07) is 18.7. The van der Waals surface area contributed by atoms with E-state index in [1.54, 1.807) is 13.0 Å². The van der Waals surface area contributed by atoms with Crippen molar-refractivity contribution < 1.29 is 24.1 Å². The summed E-state index contributed by atoms with van der Waals surface area (Å²) in [6.45, 7) is 11.9. The van der Waals surface area contributed by atoms with Gasteiger partial charge in [0.2, 0.25) is 5.88 Å². The van der Waals surface area contributed by atoms with Gasteiger partial charge in [-0.25, -0.2) is 9.78 Å². The smallest absolute Gasteiger partial charge is 0.342 e. The van der Waals surface area contributed by atoms with E-state index >= 15 is 0 Å². The molecule has 2 aliphatic rings. The number of hydrogen-bond acceptors (Lipinski definition) is 7. The van der Waals surface area contributed by atoms with Crippen LogP contribution in [-0.4, -0.2) is 62.1 Å². The Morgan fingerprint density at radius 3 is 2.75 bits per heavy atom. The molecule has 2 aromatic carbocycles. The molecule has 1 fully saturated rings. The molecular weight excluding hydrogens is 556 g/mol. The van der Waals surface area contributed by atoms with Gasteiger partial charge >= 0.3 is 5.97 Å². The molecule has 4 heterocycles. The van der Waals surface area contributed by atoms with Crippen molar-refractivity contribution >= 4 is 5.97 Å². The van der Waals surface area contributed by atoms with Crippen LogP contribution in [-0.2, 0) is 24.3 Å². The second-order valence-corrected chi connectivity index (χ2v) is 12.1. The minimum Gasteiger partial charge on any atom is -0.488 e. The highest BCUT2D eigenvalue weighted by atomic mass is 16.5. The molecule has 9 nitrogen and oxygen atoms in total. The van der Waals surface area contributed by atoms with E-state index in [0.29, 0.717) is 30.8 Å². The number of para-hydroxylation sites is 1. The Kier molecular flexibility index (Phi) is 8.42. The van der Waals surface area contributed by atoms with E-state index in [9.17, 15) is 9.90 Å². The number of carbonyl (C=O) groups is 1. The molecule has 0 bridgehead atoms. The van der Waals surface area contributed by atoms with Gasteiger partial charge in [0.15, 0.2) is 5.82 Å². The Hall–Kier alpha value is -4.21. The summed E-state index contributed by atoms with van der Waals surface area (Å²) in [6.07, 6.45) is 4.61. The highest BCUT2D eigenvalue weighted by Gasteiger charge is 2.38. The molecule has 1 unspecified atom stereocenters. The van der Waals surface area contributed by atoms with E-state index < -0.39 is 5.97 Å². The number of ether oxygens (including phenoxy) is 3. The Bertz CT molecular complexity index is 1660. The number of aryl methyl sites for hydroxylation is 1. The van der Waals surface area contributed by atoms with Gasteiger partial charge in [-0.2, -0.15) is 9.78 Å². The van der Waals surface area contributed by atoms with Crippen LogP contribution in [0.3, 0.4) is 0 Å². The topological polar surface area (TPSA) is 98.9 Å². The summed E-state index contributed by atoms with van der Waals surface area (Å²) in [5.74, 6) is 0.263. The van der Waals surface area contributed by atoms with E-state index in [1.807, 2.05) is 37.3 Å². The SMILES string of the molecule is CCOc1c(C(=O)O)cnn1-c1cccc(-c2cccc(C)c2OCc2ccc3c(c2)CCN(C2CCCOC2(C)C)C3)n1. The van der Waals surface area contributed by atoms with Gasteiger partial charge < -0.3 is 19.3 Å². The molecule has 1 saturated heterocycles. The third kappa shape index (κ3) is 5.94. The van der Waals surface area contributed by atoms with Gasteiger partial charge in [-0.3, -0.25) is 4.90 Å². The molecule has 0 spiro atoms. The molecule has 0 amide bonds. The molecule has 0 radical (unpaired) electrons. The van der Waals surface area contributed by atoms with Crippen molar-refractivity contribution in [2.45, 2.75) is 71.8 Å². The van der Waals surface area contributed by atoms with Gasteiger partial charge in [0.05, 0.1) is 24.1 Å². The Balaban J connectivity index is 1.21. The summed E-state index contributed by atoms with van der Waals surface area (Å²) in [5.41, 5.74) is 6.32. The van der Waals surface area contributed by atoms with Crippen molar-refractivity contribution in [2.24, 2.45) is 0 Å². The largest absolute Gasteiger partial charge is 0.488 e. The number of hydrogen-bond donors (Lipinski definition) is 1. The zero-order valence-corrected chi connectivity index (χ0v) is 25.9. The molecule has 1 atom stereocenters. The lowest BCUT2D eigenvalue weighted by Gasteiger charge is -2.46. The maximum absolute atomic E-state index is 11.7. The average Bonchev–Trinajstić information content (AvgIpc) is 3.44. The first-order valence-corrected chi connectivity index (χ1v) is 15.4. The lowest BCUT2D eigenvalue weighted by molar-refractivity contribution is -0.113. The monoisotopic (exact) mass is 596 g/mol. The first-order chi connectivity index (χ1) is 21.2. The molecule has 0 aliphatic carbocycles. The van der Waals surface area contributed by atoms with E-state index in [4.69, 9.17) is 19.2 Å². The van der Waals surface area contributed by atoms with Crippen LogP contribution in [0.15, 0.2) is 60.8 Å². The van der Waals surface area contributed by atoms with Crippen molar-refractivity contribution in [1.29, 1.82) is 0 Å². The fraction of sp³-hybridized carbons (Fsp3) is 0.400. The number of benzene rings is 2. The van der Waals surface area contributed by atoms with Crippen LogP contribution in [0.25, 0.3) is 17.1 Å². The Morgan fingerprint density at radius 1 is 1.11 bits per heavy atom. The second kappa shape index (κ2) is 12.4. The lowest BCUT2D eigenvalue weighted by atomic mass is 9.87. The van der Waals surface area contributed by atoms with Crippen molar-refractivity contribution in [1.82, 2.24) is 19.7 Å². The maximum atomic E-state index is 11.7. The maximum Gasteiger partial charge on any atom is 0.342 e. The van der Waals surface area contributed by atoms with Crippen LogP contribution in [0.1, 0.15) is 66.2 Å². The molecule has 0 saturated carbocycles. The molecule has 230 valence electrons. The third-order valence-electron chi connectivity index (χ3n) is 8.71. The van der Waals surface area contributed by atoms with Gasteiger partial charge in [0.25, 0.3) is 0 Å². The van der Waals surface area contributed by atoms with Crippen LogP contribution in [0.5, 0.6) is 11.6 Å². The normalized spacial score (nSPS) is 18.0. The Morgan fingerprint density at radius 2 is 1.95 bits per heavy atom. The predicted molar refractivity (Wildman–Crippen MR) is 168 cm³/mol. The number of carboxylic acids is 1. The van der Waals surface area contributed by atoms with Crippen molar-refractivity contribution in [3.63, 3.8) is 0 Å². The van der Waals surface area contributed by atoms with Crippen LogP contribution < -0.4 is 9.47 Å². The molecule has 2 aromatic heterocycles. The first kappa shape index (κ1) is 29.8. The number of nitrogens with zero attached hydrogens (tertiary/aromatic N) is 4. The molecule has 44 heavy (non-hydrogen) atoms. The number of rotatable bonds is 9. The fourth-order valence-corrected chi connectivity index (χ4v) is 6.48. The van der Waals surface area contributed by atoms with Crippen molar-refractivity contribution in [3.8, 4) is 28.7 Å². The van der Waals surface area contributed by atoms with Gasteiger partial charge in [0, 0.05) is 31.3 Å². The van der Waals surface area contributed by atoms with Crippen LogP contribution in [0.2, 0.25) is 0 Å². The lowest BCUT2D eigenvalue weighted by Crippen LogP contribution is -2.54. The van der Waals surface area contributed by atoms with Crippen molar-refractivity contribution in [3.05, 3.63) is 88.6 Å². The summed E-state index contributed by atoms with van der Waals surface area (Å²) in [4.78, 5) is 19.1. The highest BCUT2D eigenvalue weighted by molar-refractivity contribution is 5.90. The second-order valence-electron chi connectivity index (χ2n) is 12.1. The fourth-order valence-electron chi connectivity index (χ4n) is 6.48. The van der Waals surface area contributed by atoms with E-state index in [0.717, 1.165) is 55.0 Å². The molecule has 2 aliphatic heterocycles. The van der Waals surface area contributed by atoms with Crippen LogP contribution >= 0.6 is 0 Å². The summed E-state index contributed by atoms with van der Waals surface area (Å²) >= 11 is 0. The highest BCUT2D eigenvalue weighted by Crippen LogP contribution is 2.35. The number of carboxylic acid groups (broad SMARTS) is 1. The number of pyridine rings is 1. The summed E-state index contributed by atoms with van der Waals surface area (Å²) in [7, 11) is 0. The number of aromatic nitrogens is 3. The van der Waals surface area contributed by atoms with Gasteiger partial charge in [-0.1, -0.05) is 36.4 Å². The minimum atomic E-state index is -1.10. The standard InChI is InChI=1S/C35H40N4O5/c1-5-42-33-28(34(40)41)20-36-39(33)31-13-7-11-29(37-31)27-10-6-9-23(2)32(27)43-22-24-14-15-26-21-38(17-16-25(26)19-24)30-12-8-18-44-35(30,3)4/h6-7,9-11,13-15,19-20,30H,5,8,12,16-18,21-22H2,1-4H3,(H,40,41). The van der Waals surface area contributed by atoms with Crippen molar-refractivity contribution in [2.75, 3.05) is 19.8 Å². The first-order valence-electron chi connectivity index (χ1n) is 15.4. The molecule has 1 N–H and O–H groups in total. The summed E-state index contributed by atoms with van der Waals surface area (Å²) in [5, 5.41) is 13.8. The van der Waals surface area contributed by atoms with Gasteiger partial charge in [-0.05, 0) is 87.4 Å². The number of fused-ring (bicyclic) bond motifs is 1. The molecular formula is C35H40N4O5. The van der Waals surface area contributed by atoms with Crippen LogP contribution in [0.4, 0.5) is 0 Å². The Labute approximate surface area is 258 Å². The zero-order valence-electron chi connectivity index (χ0n) is 25.9. The number of aromatic carboxylic acids is 1. The molecule has 6 rings (SSSR count).